The lowest BCUT2D eigenvalue weighted by molar-refractivity contribution is 0.0698. The first-order chi connectivity index (χ1) is 16.0. The molecule has 4 rings (SSSR count). The summed E-state index contributed by atoms with van der Waals surface area (Å²) in [6.07, 6.45) is 0. The van der Waals surface area contributed by atoms with Crippen LogP contribution in [0.25, 0.3) is 0 Å². The summed E-state index contributed by atoms with van der Waals surface area (Å²) in [4.78, 5) is 29.1. The van der Waals surface area contributed by atoms with Crippen LogP contribution in [0.5, 0.6) is 5.75 Å². The van der Waals surface area contributed by atoms with E-state index in [9.17, 15) is 14.7 Å². The normalized spacial score (nSPS) is 13.5. The van der Waals surface area contributed by atoms with Crippen LogP contribution < -0.4 is 19.9 Å². The highest BCUT2D eigenvalue weighted by molar-refractivity contribution is 6.08. The van der Waals surface area contributed by atoms with E-state index in [1.165, 1.54) is 0 Å². The smallest absolute Gasteiger partial charge is 0.337 e. The molecule has 7 heteroatoms. The van der Waals surface area contributed by atoms with Gasteiger partial charge in [0.15, 0.2) is 0 Å². The molecule has 33 heavy (non-hydrogen) atoms. The number of rotatable bonds is 6. The molecule has 3 aromatic rings. The third-order valence-corrected chi connectivity index (χ3v) is 5.95. The van der Waals surface area contributed by atoms with Gasteiger partial charge < -0.3 is 25.0 Å². The van der Waals surface area contributed by atoms with Crippen molar-refractivity contribution in [2.45, 2.75) is 6.92 Å². The van der Waals surface area contributed by atoms with Gasteiger partial charge in [0.1, 0.15) is 5.75 Å². The van der Waals surface area contributed by atoms with E-state index in [-0.39, 0.29) is 17.2 Å². The average molecular weight is 446 g/mol. The second-order valence-electron chi connectivity index (χ2n) is 7.98. The Labute approximate surface area is 193 Å². The number of ether oxygens (including phenoxy) is 1. The second kappa shape index (κ2) is 9.65. The lowest BCUT2D eigenvalue weighted by Gasteiger charge is -2.37. The highest BCUT2D eigenvalue weighted by Crippen LogP contribution is 2.27. The maximum absolute atomic E-state index is 12.7. The molecule has 7 nitrogen and oxygen atoms in total. The van der Waals surface area contributed by atoms with Gasteiger partial charge >= 0.3 is 5.97 Å². The molecule has 1 heterocycles. The van der Waals surface area contributed by atoms with E-state index in [2.05, 4.69) is 15.1 Å². The zero-order valence-electron chi connectivity index (χ0n) is 18.7. The van der Waals surface area contributed by atoms with Crippen LogP contribution in [-0.4, -0.2) is 50.3 Å². The molecule has 2 N–H and O–H groups in total. The molecule has 1 aliphatic rings. The van der Waals surface area contributed by atoms with Crippen molar-refractivity contribution in [3.05, 3.63) is 83.4 Å². The first-order valence-corrected chi connectivity index (χ1v) is 10.8. The van der Waals surface area contributed by atoms with Crippen molar-refractivity contribution in [3.63, 3.8) is 0 Å². The predicted octanol–water partition coefficient (Wildman–Crippen LogP) is 4.28. The van der Waals surface area contributed by atoms with Crippen molar-refractivity contribution in [1.29, 1.82) is 0 Å². The molecular weight excluding hydrogens is 418 g/mol. The number of aryl methyl sites for hydroxylation is 1. The Morgan fingerprint density at radius 3 is 2.06 bits per heavy atom. The highest BCUT2D eigenvalue weighted by atomic mass is 16.5. The van der Waals surface area contributed by atoms with Crippen molar-refractivity contribution in [1.82, 2.24) is 0 Å². The summed E-state index contributed by atoms with van der Waals surface area (Å²) in [5.74, 6) is -0.571. The molecule has 1 saturated heterocycles. The highest BCUT2D eigenvalue weighted by Gasteiger charge is 2.21. The number of benzene rings is 3. The average Bonchev–Trinajstić information content (AvgIpc) is 2.84. The van der Waals surface area contributed by atoms with Gasteiger partial charge in [-0.25, -0.2) is 4.79 Å². The number of carbonyl (C=O) groups is 2. The van der Waals surface area contributed by atoms with Crippen molar-refractivity contribution in [3.8, 4) is 5.75 Å². The van der Waals surface area contributed by atoms with Crippen molar-refractivity contribution >= 4 is 28.9 Å². The summed E-state index contributed by atoms with van der Waals surface area (Å²) < 4.78 is 5.23. The Balaban J connectivity index is 1.47. The second-order valence-corrected chi connectivity index (χ2v) is 7.98. The molecule has 0 aliphatic carbocycles. The Morgan fingerprint density at radius 1 is 0.848 bits per heavy atom. The monoisotopic (exact) mass is 445 g/mol. The number of nitrogens with one attached hydrogen (secondary N) is 1. The number of anilines is 3. The minimum absolute atomic E-state index is 0.0759. The minimum Gasteiger partial charge on any atom is -0.497 e. The number of carbonyl (C=O) groups excluding carboxylic acids is 1. The Bertz CT molecular complexity index is 1150. The fourth-order valence-electron chi connectivity index (χ4n) is 4.05. The van der Waals surface area contributed by atoms with E-state index in [4.69, 9.17) is 4.74 Å². The molecule has 0 saturated carbocycles. The van der Waals surface area contributed by atoms with Crippen LogP contribution in [0.1, 0.15) is 26.3 Å². The number of hydrogen-bond donors (Lipinski definition) is 2. The number of carboxylic acids is 1. The van der Waals surface area contributed by atoms with Crippen LogP contribution in [0.2, 0.25) is 0 Å². The van der Waals surface area contributed by atoms with Crippen LogP contribution in [0, 0.1) is 6.92 Å². The SMILES string of the molecule is COc1ccc(N2CCN(c3ccc(NC(=O)c4ccccc4C)c(C(=O)O)c3)CC2)cc1. The maximum Gasteiger partial charge on any atom is 0.337 e. The zero-order valence-corrected chi connectivity index (χ0v) is 18.7. The van der Waals surface area contributed by atoms with Crippen LogP contribution in [-0.2, 0) is 0 Å². The van der Waals surface area contributed by atoms with Gasteiger partial charge in [0.2, 0.25) is 0 Å². The quantitative estimate of drug-likeness (QED) is 0.589. The van der Waals surface area contributed by atoms with Crippen LogP contribution in [0.4, 0.5) is 17.1 Å². The van der Waals surface area contributed by atoms with Crippen LogP contribution >= 0.6 is 0 Å². The Hall–Kier alpha value is -4.00. The zero-order chi connectivity index (χ0) is 23.4. The number of aromatic carboxylic acids is 1. The molecule has 3 aromatic carbocycles. The molecule has 1 aliphatic heterocycles. The van der Waals surface area contributed by atoms with E-state index < -0.39 is 5.97 Å². The molecular formula is C26H27N3O4. The number of methoxy groups -OCH3 is 1. The van der Waals surface area contributed by atoms with E-state index >= 15 is 0 Å². The summed E-state index contributed by atoms with van der Waals surface area (Å²) >= 11 is 0. The first-order valence-electron chi connectivity index (χ1n) is 10.8. The largest absolute Gasteiger partial charge is 0.497 e. The van der Waals surface area contributed by atoms with E-state index in [0.717, 1.165) is 48.9 Å². The maximum atomic E-state index is 12.7. The number of amides is 1. The standard InChI is InChI=1S/C26H27N3O4/c1-18-5-3-4-6-22(18)25(30)27-24-12-9-20(17-23(24)26(31)32)29-15-13-28(14-16-29)19-7-10-21(33-2)11-8-19/h3-12,17H,13-16H2,1-2H3,(H,27,30)(H,31,32). The molecule has 0 radical (unpaired) electrons. The summed E-state index contributed by atoms with van der Waals surface area (Å²) in [5, 5.41) is 12.5. The number of nitrogens with zero attached hydrogens (tertiary/aromatic N) is 2. The van der Waals surface area contributed by atoms with Gasteiger partial charge in [-0.1, -0.05) is 18.2 Å². The molecule has 1 amide bonds. The van der Waals surface area contributed by atoms with E-state index in [1.807, 2.05) is 49.4 Å². The topological polar surface area (TPSA) is 82.1 Å². The molecule has 0 unspecified atom stereocenters. The van der Waals surface area contributed by atoms with Gasteiger partial charge in [0.05, 0.1) is 18.4 Å². The summed E-state index contributed by atoms with van der Waals surface area (Å²) in [7, 11) is 1.65. The lowest BCUT2D eigenvalue weighted by Crippen LogP contribution is -2.46. The third-order valence-electron chi connectivity index (χ3n) is 5.95. The summed E-state index contributed by atoms with van der Waals surface area (Å²) in [6, 6.07) is 20.4. The van der Waals surface area contributed by atoms with E-state index in [1.54, 1.807) is 31.4 Å². The summed E-state index contributed by atoms with van der Waals surface area (Å²) in [6.45, 7) is 5.02. The number of hydrogen-bond acceptors (Lipinski definition) is 5. The minimum atomic E-state index is -1.08. The molecule has 1 fully saturated rings. The van der Waals surface area contributed by atoms with Gasteiger partial charge in [0.25, 0.3) is 5.91 Å². The Kier molecular flexibility index (Phi) is 6.49. The predicted molar refractivity (Wildman–Crippen MR) is 130 cm³/mol. The molecule has 170 valence electrons. The number of piperazine rings is 1. The molecule has 0 atom stereocenters. The fourth-order valence-corrected chi connectivity index (χ4v) is 4.05. The molecule has 0 bridgehead atoms. The van der Waals surface area contributed by atoms with Gasteiger partial charge in [0, 0.05) is 43.1 Å². The van der Waals surface area contributed by atoms with Crippen LogP contribution in [0.15, 0.2) is 66.7 Å². The third kappa shape index (κ3) is 4.92. The van der Waals surface area contributed by atoms with Crippen molar-refractivity contribution < 1.29 is 19.4 Å². The Morgan fingerprint density at radius 2 is 1.45 bits per heavy atom. The number of carboxylic acid groups (broad SMARTS) is 1. The van der Waals surface area contributed by atoms with Gasteiger partial charge in [-0.2, -0.15) is 0 Å². The van der Waals surface area contributed by atoms with E-state index in [0.29, 0.717) is 5.56 Å². The van der Waals surface area contributed by atoms with Gasteiger partial charge in [-0.05, 0) is 61.0 Å². The lowest BCUT2D eigenvalue weighted by atomic mass is 10.1. The molecule has 0 spiro atoms. The van der Waals surface area contributed by atoms with Crippen LogP contribution in [0.3, 0.4) is 0 Å². The first kappa shape index (κ1) is 22.2. The van der Waals surface area contributed by atoms with Crippen molar-refractivity contribution in [2.75, 3.05) is 48.4 Å². The van der Waals surface area contributed by atoms with Gasteiger partial charge in [-0.3, -0.25) is 4.79 Å². The fraction of sp³-hybridized carbons (Fsp3) is 0.231. The summed E-state index contributed by atoms with van der Waals surface area (Å²) in [5.41, 5.74) is 3.68. The van der Waals surface area contributed by atoms with Crippen molar-refractivity contribution in [2.24, 2.45) is 0 Å². The van der Waals surface area contributed by atoms with Gasteiger partial charge in [-0.15, -0.1) is 0 Å². The molecule has 0 aromatic heterocycles.